The molecule has 2 rings (SSSR count). The Morgan fingerprint density at radius 3 is 2.65 bits per heavy atom. The molecule has 1 fully saturated rings. The first-order valence-corrected chi connectivity index (χ1v) is 6.55. The smallest absolute Gasteiger partial charge is 0.251 e. The fourth-order valence-corrected chi connectivity index (χ4v) is 2.60. The van der Waals surface area contributed by atoms with E-state index in [1.165, 1.54) is 19.3 Å². The summed E-state index contributed by atoms with van der Waals surface area (Å²) in [5.74, 6) is 0.693. The molecule has 1 aromatic rings. The molecule has 2 atom stereocenters. The van der Waals surface area contributed by atoms with Crippen LogP contribution >= 0.6 is 0 Å². The zero-order chi connectivity index (χ0) is 12.3. The van der Waals surface area contributed by atoms with Crippen LogP contribution in [0.1, 0.15) is 48.5 Å². The summed E-state index contributed by atoms with van der Waals surface area (Å²) < 4.78 is 0. The molecule has 0 aliphatic heterocycles. The van der Waals surface area contributed by atoms with E-state index in [-0.39, 0.29) is 5.91 Å². The first-order valence-electron chi connectivity index (χ1n) is 6.55. The van der Waals surface area contributed by atoms with Crippen molar-refractivity contribution in [3.05, 3.63) is 35.4 Å². The Balaban J connectivity index is 2.04. The number of nitrogens with one attached hydrogen (secondary N) is 1. The lowest BCUT2D eigenvalue weighted by Gasteiger charge is -2.29. The molecule has 2 nitrogen and oxygen atoms in total. The topological polar surface area (TPSA) is 29.1 Å². The molecule has 1 aromatic carbocycles. The van der Waals surface area contributed by atoms with Crippen molar-refractivity contribution in [2.24, 2.45) is 5.92 Å². The molecule has 0 bridgehead atoms. The standard InChI is InChI=1S/C15H21NO/c1-11-7-3-5-9-13(11)15(17)16-14-10-6-4-8-12(14)2/h3,5,7,9,12,14H,4,6,8,10H2,1-2H3,(H,16,17)/t12-,14-/m1/s1. The average molecular weight is 231 g/mol. The van der Waals surface area contributed by atoms with Gasteiger partial charge in [0.25, 0.3) is 5.91 Å². The van der Waals surface area contributed by atoms with Crippen molar-refractivity contribution in [1.82, 2.24) is 5.32 Å². The Morgan fingerprint density at radius 1 is 1.24 bits per heavy atom. The van der Waals surface area contributed by atoms with Gasteiger partial charge >= 0.3 is 0 Å². The van der Waals surface area contributed by atoms with Crippen molar-refractivity contribution >= 4 is 5.91 Å². The lowest BCUT2D eigenvalue weighted by atomic mass is 9.86. The molecule has 2 heteroatoms. The van der Waals surface area contributed by atoms with Gasteiger partial charge in [0.05, 0.1) is 0 Å². The van der Waals surface area contributed by atoms with Gasteiger partial charge in [0.1, 0.15) is 0 Å². The number of carbonyl (C=O) groups excluding carboxylic acids is 1. The minimum atomic E-state index is 0.0850. The van der Waals surface area contributed by atoms with E-state index >= 15 is 0 Å². The van der Waals surface area contributed by atoms with Crippen LogP contribution in [0.5, 0.6) is 0 Å². The number of benzene rings is 1. The van der Waals surface area contributed by atoms with Crippen molar-refractivity contribution in [1.29, 1.82) is 0 Å². The van der Waals surface area contributed by atoms with Gasteiger partial charge < -0.3 is 5.32 Å². The zero-order valence-electron chi connectivity index (χ0n) is 10.7. The van der Waals surface area contributed by atoms with Crippen LogP contribution in [0.2, 0.25) is 0 Å². The summed E-state index contributed by atoms with van der Waals surface area (Å²) in [6, 6.07) is 8.13. The summed E-state index contributed by atoms with van der Waals surface area (Å²) in [5, 5.41) is 3.19. The van der Waals surface area contributed by atoms with E-state index in [2.05, 4.69) is 12.2 Å². The molecule has 0 saturated heterocycles. The largest absolute Gasteiger partial charge is 0.349 e. The molecular formula is C15H21NO. The fourth-order valence-electron chi connectivity index (χ4n) is 2.60. The van der Waals surface area contributed by atoms with E-state index in [1.807, 2.05) is 31.2 Å². The molecular weight excluding hydrogens is 210 g/mol. The predicted molar refractivity (Wildman–Crippen MR) is 70.1 cm³/mol. The highest BCUT2D eigenvalue weighted by molar-refractivity contribution is 5.95. The molecule has 92 valence electrons. The van der Waals surface area contributed by atoms with Crippen molar-refractivity contribution in [2.45, 2.75) is 45.6 Å². The average Bonchev–Trinajstić information content (AvgIpc) is 2.32. The van der Waals surface area contributed by atoms with Gasteiger partial charge in [-0.25, -0.2) is 0 Å². The molecule has 1 aliphatic carbocycles. The van der Waals surface area contributed by atoms with E-state index < -0.39 is 0 Å². The molecule has 0 aromatic heterocycles. The SMILES string of the molecule is Cc1ccccc1C(=O)N[C@@H]1CCCC[C@H]1C. The Hall–Kier alpha value is -1.31. The maximum absolute atomic E-state index is 12.2. The van der Waals surface area contributed by atoms with Gasteiger partial charge in [0, 0.05) is 11.6 Å². The minimum Gasteiger partial charge on any atom is -0.349 e. The third-order valence-electron chi connectivity index (χ3n) is 3.82. The number of aryl methyl sites for hydroxylation is 1. The van der Waals surface area contributed by atoms with Crippen molar-refractivity contribution in [3.8, 4) is 0 Å². The molecule has 1 amide bonds. The summed E-state index contributed by atoms with van der Waals surface area (Å²) in [4.78, 5) is 12.2. The molecule has 0 heterocycles. The van der Waals surface area contributed by atoms with E-state index in [4.69, 9.17) is 0 Å². The maximum atomic E-state index is 12.2. The van der Waals surface area contributed by atoms with Gasteiger partial charge in [-0.3, -0.25) is 4.79 Å². The highest BCUT2D eigenvalue weighted by Crippen LogP contribution is 2.24. The monoisotopic (exact) mass is 231 g/mol. The number of amides is 1. The molecule has 17 heavy (non-hydrogen) atoms. The highest BCUT2D eigenvalue weighted by atomic mass is 16.1. The molecule has 1 N–H and O–H groups in total. The van der Waals surface area contributed by atoms with Gasteiger partial charge in [-0.15, -0.1) is 0 Å². The van der Waals surface area contributed by atoms with Crippen LogP contribution in [0.4, 0.5) is 0 Å². The lowest BCUT2D eigenvalue weighted by molar-refractivity contribution is 0.0909. The van der Waals surface area contributed by atoms with Gasteiger partial charge in [-0.05, 0) is 37.3 Å². The second kappa shape index (κ2) is 5.35. The predicted octanol–water partition coefficient (Wildman–Crippen LogP) is 3.30. The molecule has 0 radical (unpaired) electrons. The van der Waals surface area contributed by atoms with Gasteiger partial charge in [0.2, 0.25) is 0 Å². The summed E-state index contributed by atoms with van der Waals surface area (Å²) in [7, 11) is 0. The van der Waals surface area contributed by atoms with E-state index in [0.29, 0.717) is 12.0 Å². The zero-order valence-corrected chi connectivity index (χ0v) is 10.7. The Bertz CT molecular complexity index is 400. The summed E-state index contributed by atoms with van der Waals surface area (Å²) in [6.45, 7) is 4.22. The first kappa shape index (κ1) is 12.2. The Kier molecular flexibility index (Phi) is 3.82. The second-order valence-corrected chi connectivity index (χ2v) is 5.16. The van der Waals surface area contributed by atoms with Gasteiger partial charge in [0.15, 0.2) is 0 Å². The molecule has 1 aliphatic rings. The van der Waals surface area contributed by atoms with E-state index in [9.17, 15) is 4.79 Å². The third kappa shape index (κ3) is 2.87. The van der Waals surface area contributed by atoms with Crippen LogP contribution in [0.3, 0.4) is 0 Å². The van der Waals surface area contributed by atoms with Crippen molar-refractivity contribution < 1.29 is 4.79 Å². The van der Waals surface area contributed by atoms with Crippen LogP contribution in [-0.2, 0) is 0 Å². The summed E-state index contributed by atoms with van der Waals surface area (Å²) >= 11 is 0. The third-order valence-corrected chi connectivity index (χ3v) is 3.82. The highest BCUT2D eigenvalue weighted by Gasteiger charge is 2.23. The quantitative estimate of drug-likeness (QED) is 0.831. The van der Waals surface area contributed by atoms with Gasteiger partial charge in [-0.1, -0.05) is 38.0 Å². The van der Waals surface area contributed by atoms with Crippen LogP contribution in [0.15, 0.2) is 24.3 Å². The van der Waals surface area contributed by atoms with Crippen LogP contribution in [0.25, 0.3) is 0 Å². The molecule has 0 unspecified atom stereocenters. The summed E-state index contributed by atoms with van der Waals surface area (Å²) in [6.07, 6.45) is 4.90. The maximum Gasteiger partial charge on any atom is 0.251 e. The fraction of sp³-hybridized carbons (Fsp3) is 0.533. The van der Waals surface area contributed by atoms with Crippen LogP contribution in [0, 0.1) is 12.8 Å². The summed E-state index contributed by atoms with van der Waals surface area (Å²) in [5.41, 5.74) is 1.86. The van der Waals surface area contributed by atoms with E-state index in [0.717, 1.165) is 17.5 Å². The normalized spacial score (nSPS) is 24.4. The lowest BCUT2D eigenvalue weighted by Crippen LogP contribution is -2.41. The van der Waals surface area contributed by atoms with Crippen molar-refractivity contribution in [2.75, 3.05) is 0 Å². The van der Waals surface area contributed by atoms with E-state index in [1.54, 1.807) is 0 Å². The molecule has 0 spiro atoms. The van der Waals surface area contributed by atoms with Crippen LogP contribution < -0.4 is 5.32 Å². The number of hydrogen-bond acceptors (Lipinski definition) is 1. The second-order valence-electron chi connectivity index (χ2n) is 5.16. The number of rotatable bonds is 2. The van der Waals surface area contributed by atoms with Crippen LogP contribution in [-0.4, -0.2) is 11.9 Å². The first-order chi connectivity index (χ1) is 8.18. The van der Waals surface area contributed by atoms with Crippen molar-refractivity contribution in [3.63, 3.8) is 0 Å². The molecule has 1 saturated carbocycles. The van der Waals surface area contributed by atoms with Gasteiger partial charge in [-0.2, -0.15) is 0 Å². The Labute approximate surface area is 103 Å². The number of carbonyl (C=O) groups is 1. The minimum absolute atomic E-state index is 0.0850. The Morgan fingerprint density at radius 2 is 1.94 bits per heavy atom. The number of hydrogen-bond donors (Lipinski definition) is 1.